The normalized spacial score (nSPS) is 15.6. The number of thioether (sulfide) groups is 1. The highest BCUT2D eigenvalue weighted by atomic mass is 32.2. The van der Waals surface area contributed by atoms with E-state index in [1.165, 1.54) is 23.0 Å². The zero-order valence-electron chi connectivity index (χ0n) is 17.1. The molecule has 7 nitrogen and oxygen atoms in total. The molecule has 1 amide bonds. The van der Waals surface area contributed by atoms with Crippen molar-refractivity contribution in [2.24, 2.45) is 5.10 Å². The molecule has 160 valence electrons. The van der Waals surface area contributed by atoms with Crippen molar-refractivity contribution in [1.29, 1.82) is 0 Å². The molecule has 0 fully saturated rings. The molecule has 0 saturated carbocycles. The van der Waals surface area contributed by atoms with Gasteiger partial charge in [-0.3, -0.25) is 4.79 Å². The van der Waals surface area contributed by atoms with E-state index in [4.69, 9.17) is 9.47 Å². The van der Waals surface area contributed by atoms with Crippen LogP contribution in [0, 0.1) is 5.21 Å². The number of hydrogen-bond donors (Lipinski definition) is 0. The number of thiophene rings is 1. The quantitative estimate of drug-likeness (QED) is 0.307. The fourth-order valence-electron chi connectivity index (χ4n) is 3.38. The first-order valence-corrected chi connectivity index (χ1v) is 11.4. The summed E-state index contributed by atoms with van der Waals surface area (Å²) in [6.45, 7) is 0. The van der Waals surface area contributed by atoms with Gasteiger partial charge < -0.3 is 14.7 Å². The van der Waals surface area contributed by atoms with Crippen LogP contribution < -0.4 is 14.2 Å². The lowest BCUT2D eigenvalue weighted by molar-refractivity contribution is -0.645. The standard InChI is InChI=1S/C22H21N3O4S2/c1-28-18-9-8-15(12-19(18)29-2)17-13-16(20-6-5-11-30-20)23-25(17)21(26)14-31-22-7-3-4-10-24(22)27/h3-12,17H,13-14H2,1-2H3. The van der Waals surface area contributed by atoms with Crippen molar-refractivity contribution in [3.8, 4) is 11.5 Å². The van der Waals surface area contributed by atoms with Gasteiger partial charge >= 0.3 is 0 Å². The van der Waals surface area contributed by atoms with E-state index in [0.717, 1.165) is 20.9 Å². The van der Waals surface area contributed by atoms with Crippen LogP contribution in [0.2, 0.25) is 0 Å². The minimum Gasteiger partial charge on any atom is -0.618 e. The van der Waals surface area contributed by atoms with E-state index in [9.17, 15) is 10.0 Å². The number of hydrogen-bond acceptors (Lipinski definition) is 7. The van der Waals surface area contributed by atoms with Crippen LogP contribution in [0.4, 0.5) is 0 Å². The number of carbonyl (C=O) groups excluding carboxylic acids is 1. The van der Waals surface area contributed by atoms with E-state index in [0.29, 0.717) is 22.9 Å². The number of benzene rings is 1. The molecule has 9 heteroatoms. The van der Waals surface area contributed by atoms with Crippen molar-refractivity contribution in [3.63, 3.8) is 0 Å². The molecule has 0 N–H and O–H groups in total. The number of hydrazone groups is 1. The molecular weight excluding hydrogens is 434 g/mol. The third-order valence-corrected chi connectivity index (χ3v) is 6.82. The van der Waals surface area contributed by atoms with E-state index in [-0.39, 0.29) is 17.7 Å². The van der Waals surface area contributed by atoms with Gasteiger partial charge in [-0.2, -0.15) is 9.83 Å². The second kappa shape index (κ2) is 9.40. The Hall–Kier alpha value is -3.04. The molecule has 1 aliphatic heterocycles. The summed E-state index contributed by atoms with van der Waals surface area (Å²) in [4.78, 5) is 14.2. The largest absolute Gasteiger partial charge is 0.618 e. The summed E-state index contributed by atoms with van der Waals surface area (Å²) in [6.07, 6.45) is 2.02. The average Bonchev–Trinajstić information content (AvgIpc) is 3.48. The molecule has 1 atom stereocenters. The van der Waals surface area contributed by atoms with Crippen molar-refractivity contribution in [2.45, 2.75) is 17.5 Å². The maximum absolute atomic E-state index is 13.1. The Morgan fingerprint density at radius 1 is 1.23 bits per heavy atom. The van der Waals surface area contributed by atoms with Crippen LogP contribution in [0.3, 0.4) is 0 Å². The van der Waals surface area contributed by atoms with Gasteiger partial charge in [-0.05, 0) is 47.0 Å². The zero-order valence-corrected chi connectivity index (χ0v) is 18.7. The first kappa shape index (κ1) is 21.2. The predicted molar refractivity (Wildman–Crippen MR) is 121 cm³/mol. The molecule has 1 unspecified atom stereocenters. The number of nitrogens with zero attached hydrogens (tertiary/aromatic N) is 3. The Morgan fingerprint density at radius 2 is 2.06 bits per heavy atom. The maximum Gasteiger partial charge on any atom is 0.253 e. The fraction of sp³-hybridized carbons (Fsp3) is 0.227. The van der Waals surface area contributed by atoms with Crippen LogP contribution >= 0.6 is 23.1 Å². The third kappa shape index (κ3) is 4.52. The first-order chi connectivity index (χ1) is 15.1. The van der Waals surface area contributed by atoms with Gasteiger partial charge in [-0.25, -0.2) is 5.01 Å². The highest BCUT2D eigenvalue weighted by Crippen LogP contribution is 2.38. The number of amides is 1. The van der Waals surface area contributed by atoms with Gasteiger partial charge in [-0.15, -0.1) is 11.3 Å². The summed E-state index contributed by atoms with van der Waals surface area (Å²) >= 11 is 2.79. The van der Waals surface area contributed by atoms with E-state index >= 15 is 0 Å². The molecule has 4 rings (SSSR count). The number of ether oxygens (including phenoxy) is 2. The van der Waals surface area contributed by atoms with Crippen molar-refractivity contribution in [2.75, 3.05) is 20.0 Å². The highest BCUT2D eigenvalue weighted by molar-refractivity contribution is 7.99. The lowest BCUT2D eigenvalue weighted by Gasteiger charge is -2.22. The Kier molecular flexibility index (Phi) is 6.43. The fourth-order valence-corrected chi connectivity index (χ4v) is 4.87. The Morgan fingerprint density at radius 3 is 2.77 bits per heavy atom. The molecule has 3 heterocycles. The first-order valence-electron chi connectivity index (χ1n) is 9.57. The van der Waals surface area contributed by atoms with E-state index in [1.54, 1.807) is 43.8 Å². The molecule has 0 saturated heterocycles. The zero-order chi connectivity index (χ0) is 21.8. The SMILES string of the molecule is COc1ccc(C2CC(c3cccs3)=NN2C(=O)CSc2cccc[n+]2[O-])cc1OC. The minimum absolute atomic E-state index is 0.108. The summed E-state index contributed by atoms with van der Waals surface area (Å²) in [6, 6.07) is 14.5. The lowest BCUT2D eigenvalue weighted by Crippen LogP contribution is -2.31. The summed E-state index contributed by atoms with van der Waals surface area (Å²) in [5.74, 6) is 1.17. The summed E-state index contributed by atoms with van der Waals surface area (Å²) in [7, 11) is 3.17. The number of aromatic nitrogens is 1. The summed E-state index contributed by atoms with van der Waals surface area (Å²) < 4.78 is 11.5. The van der Waals surface area contributed by atoms with Gasteiger partial charge in [0.25, 0.3) is 10.9 Å². The van der Waals surface area contributed by atoms with Gasteiger partial charge in [0.15, 0.2) is 17.7 Å². The Bertz CT molecular complexity index is 1100. The van der Waals surface area contributed by atoms with Crippen molar-refractivity contribution >= 4 is 34.7 Å². The Labute approximate surface area is 188 Å². The molecule has 1 aromatic carbocycles. The molecule has 31 heavy (non-hydrogen) atoms. The average molecular weight is 456 g/mol. The van der Waals surface area contributed by atoms with Crippen molar-refractivity contribution < 1.29 is 19.0 Å². The third-order valence-electron chi connectivity index (χ3n) is 4.90. The van der Waals surface area contributed by atoms with E-state index in [1.807, 2.05) is 35.7 Å². The van der Waals surface area contributed by atoms with Gasteiger partial charge in [0.05, 0.1) is 36.6 Å². The molecule has 3 aromatic rings. The van der Waals surface area contributed by atoms with Crippen molar-refractivity contribution in [3.05, 3.63) is 75.8 Å². The molecule has 0 bridgehead atoms. The smallest absolute Gasteiger partial charge is 0.253 e. The molecule has 0 radical (unpaired) electrons. The molecule has 0 aliphatic carbocycles. The van der Waals surface area contributed by atoms with Crippen LogP contribution in [0.5, 0.6) is 11.5 Å². The number of rotatable bonds is 7. The monoisotopic (exact) mass is 455 g/mol. The number of carbonyl (C=O) groups is 1. The van der Waals surface area contributed by atoms with Gasteiger partial charge in [0.2, 0.25) is 0 Å². The number of methoxy groups -OCH3 is 2. The van der Waals surface area contributed by atoms with Gasteiger partial charge in [0, 0.05) is 18.6 Å². The second-order valence-corrected chi connectivity index (χ2v) is 8.69. The van der Waals surface area contributed by atoms with E-state index in [2.05, 4.69) is 5.10 Å². The van der Waals surface area contributed by atoms with Crippen molar-refractivity contribution in [1.82, 2.24) is 5.01 Å². The molecule has 1 aliphatic rings. The second-order valence-electron chi connectivity index (χ2n) is 6.75. The van der Waals surface area contributed by atoms with Gasteiger partial charge in [-0.1, -0.05) is 12.1 Å². The highest BCUT2D eigenvalue weighted by Gasteiger charge is 2.34. The molecular formula is C22H21N3O4S2. The van der Waals surface area contributed by atoms with Crippen LogP contribution in [0.15, 0.2) is 70.2 Å². The topological polar surface area (TPSA) is 78.1 Å². The Balaban J connectivity index is 1.61. The number of pyridine rings is 1. The maximum atomic E-state index is 13.1. The van der Waals surface area contributed by atoms with Crippen LogP contribution in [-0.2, 0) is 4.79 Å². The molecule has 2 aromatic heterocycles. The predicted octanol–water partition coefficient (Wildman–Crippen LogP) is 3.87. The van der Waals surface area contributed by atoms with Gasteiger partial charge in [0.1, 0.15) is 0 Å². The van der Waals surface area contributed by atoms with Crippen LogP contribution in [0.25, 0.3) is 0 Å². The minimum atomic E-state index is -0.264. The van der Waals surface area contributed by atoms with Crippen LogP contribution in [0.1, 0.15) is 22.9 Å². The summed E-state index contributed by atoms with van der Waals surface area (Å²) in [5.41, 5.74) is 1.77. The molecule has 0 spiro atoms. The van der Waals surface area contributed by atoms with E-state index < -0.39 is 0 Å². The lowest BCUT2D eigenvalue weighted by atomic mass is 10.0. The van der Waals surface area contributed by atoms with Crippen LogP contribution in [-0.4, -0.2) is 36.6 Å². The summed E-state index contributed by atoms with van der Waals surface area (Å²) in [5, 5.41) is 20.6.